The maximum Gasteiger partial charge on any atom is 0.277 e. The highest BCUT2D eigenvalue weighted by Gasteiger charge is 2.18. The van der Waals surface area contributed by atoms with Crippen LogP contribution in [0.25, 0.3) is 0 Å². The number of rotatable bonds is 6. The van der Waals surface area contributed by atoms with E-state index in [4.69, 9.17) is 5.14 Å². The van der Waals surface area contributed by atoms with Gasteiger partial charge in [0.05, 0.1) is 0 Å². The quantitative estimate of drug-likeness (QED) is 0.758. The Hall–Kier alpha value is -1.32. The van der Waals surface area contributed by atoms with Crippen LogP contribution in [0.15, 0.2) is 46.9 Å². The molecule has 2 aromatic rings. The Balaban J connectivity index is 2.25. The molecule has 0 aliphatic carbocycles. The number of hydrogen-bond acceptors (Lipinski definition) is 3. The van der Waals surface area contributed by atoms with Gasteiger partial charge < -0.3 is 5.11 Å². The van der Waals surface area contributed by atoms with Gasteiger partial charge in [0, 0.05) is 17.6 Å². The normalized spacial score (nSPS) is 13.2. The van der Waals surface area contributed by atoms with E-state index in [2.05, 4.69) is 15.9 Å². The van der Waals surface area contributed by atoms with Gasteiger partial charge >= 0.3 is 0 Å². The molecule has 1 unspecified atom stereocenters. The highest BCUT2D eigenvalue weighted by molar-refractivity contribution is 9.10. The highest BCUT2D eigenvalue weighted by Crippen LogP contribution is 2.30. The van der Waals surface area contributed by atoms with Crippen molar-refractivity contribution in [3.63, 3.8) is 0 Å². The zero-order valence-corrected chi connectivity index (χ0v) is 15.4. The number of hydrogen-bond donors (Lipinski definition) is 2. The summed E-state index contributed by atoms with van der Waals surface area (Å²) in [5, 5.41) is 15.6. The third kappa shape index (κ3) is 4.61. The number of halogens is 2. The van der Waals surface area contributed by atoms with E-state index >= 15 is 0 Å². The van der Waals surface area contributed by atoms with Crippen LogP contribution in [0.4, 0.5) is 4.39 Å². The van der Waals surface area contributed by atoms with Gasteiger partial charge in [0.1, 0.15) is 11.9 Å². The minimum Gasteiger partial charge on any atom is -0.384 e. The van der Waals surface area contributed by atoms with E-state index in [0.717, 1.165) is 9.87 Å². The second-order valence-corrected chi connectivity index (χ2v) is 7.68. The Morgan fingerprint density at radius 3 is 2.38 bits per heavy atom. The second-order valence-electron chi connectivity index (χ2n) is 5.28. The Morgan fingerprint density at radius 1 is 1.25 bits per heavy atom. The van der Waals surface area contributed by atoms with Crippen molar-refractivity contribution in [3.05, 3.63) is 69.4 Å². The van der Waals surface area contributed by atoms with Crippen LogP contribution < -0.4 is 5.14 Å². The molecule has 0 saturated carbocycles. The molecule has 2 rings (SSSR count). The van der Waals surface area contributed by atoms with Crippen molar-refractivity contribution in [1.29, 1.82) is 0 Å². The van der Waals surface area contributed by atoms with E-state index in [-0.39, 0.29) is 18.9 Å². The van der Waals surface area contributed by atoms with Crippen molar-refractivity contribution in [2.24, 2.45) is 5.14 Å². The van der Waals surface area contributed by atoms with Crippen LogP contribution in [-0.4, -0.2) is 24.4 Å². The first-order valence-electron chi connectivity index (χ1n) is 7.22. The van der Waals surface area contributed by atoms with Gasteiger partial charge in [-0.1, -0.05) is 47.1 Å². The smallest absolute Gasteiger partial charge is 0.277 e. The standard InChI is InChI=1S/C16H18BrFN2O3S/c1-2-20(24(19,22)23)10-11-3-8-14(15(17)9-11)16(21)12-4-6-13(18)7-5-12/h3-9,16,21H,2,10H2,1H3,(H2,19,22,23). The molecule has 0 saturated heterocycles. The van der Waals surface area contributed by atoms with Gasteiger partial charge in [-0.3, -0.25) is 0 Å². The minimum absolute atomic E-state index is 0.140. The monoisotopic (exact) mass is 416 g/mol. The molecule has 8 heteroatoms. The van der Waals surface area contributed by atoms with Gasteiger partial charge in [0.25, 0.3) is 10.2 Å². The maximum atomic E-state index is 13.0. The van der Waals surface area contributed by atoms with Crippen molar-refractivity contribution < 1.29 is 17.9 Å². The molecule has 5 nitrogen and oxygen atoms in total. The fourth-order valence-electron chi connectivity index (χ4n) is 2.30. The Bertz CT molecular complexity index is 813. The fraction of sp³-hybridized carbons (Fsp3) is 0.250. The van der Waals surface area contributed by atoms with Gasteiger partial charge in [-0.05, 0) is 34.9 Å². The van der Waals surface area contributed by atoms with Crippen LogP contribution >= 0.6 is 15.9 Å². The maximum absolute atomic E-state index is 13.0. The van der Waals surface area contributed by atoms with E-state index < -0.39 is 16.3 Å². The average Bonchev–Trinajstić information content (AvgIpc) is 2.51. The number of nitrogens with zero attached hydrogens (tertiary/aromatic N) is 1. The lowest BCUT2D eigenvalue weighted by molar-refractivity contribution is 0.219. The van der Waals surface area contributed by atoms with E-state index in [1.165, 1.54) is 24.3 Å². The summed E-state index contributed by atoms with van der Waals surface area (Å²) in [6.07, 6.45) is -0.922. The molecule has 0 radical (unpaired) electrons. The Labute approximate surface area is 149 Å². The first kappa shape index (κ1) is 19.0. The van der Waals surface area contributed by atoms with Crippen molar-refractivity contribution >= 4 is 26.1 Å². The van der Waals surface area contributed by atoms with Crippen LogP contribution in [0.3, 0.4) is 0 Å². The predicted molar refractivity (Wildman–Crippen MR) is 93.8 cm³/mol. The molecule has 0 heterocycles. The summed E-state index contributed by atoms with van der Waals surface area (Å²) >= 11 is 3.39. The van der Waals surface area contributed by atoms with E-state index in [9.17, 15) is 17.9 Å². The lowest BCUT2D eigenvalue weighted by Gasteiger charge is -2.19. The molecule has 0 aliphatic heterocycles. The highest BCUT2D eigenvalue weighted by atomic mass is 79.9. The molecule has 0 aliphatic rings. The van der Waals surface area contributed by atoms with Crippen LogP contribution in [-0.2, 0) is 16.8 Å². The summed E-state index contributed by atoms with van der Waals surface area (Å²) < 4.78 is 37.7. The molecule has 0 spiro atoms. The summed E-state index contributed by atoms with van der Waals surface area (Å²) in [4.78, 5) is 0. The predicted octanol–water partition coefficient (Wildman–Crippen LogP) is 2.70. The molecule has 0 bridgehead atoms. The summed E-state index contributed by atoms with van der Waals surface area (Å²) in [7, 11) is -3.77. The van der Waals surface area contributed by atoms with Gasteiger partial charge in [0.2, 0.25) is 0 Å². The van der Waals surface area contributed by atoms with Crippen molar-refractivity contribution in [3.8, 4) is 0 Å². The number of nitrogens with two attached hydrogens (primary N) is 1. The van der Waals surface area contributed by atoms with Crippen molar-refractivity contribution in [1.82, 2.24) is 4.31 Å². The third-order valence-electron chi connectivity index (χ3n) is 3.62. The summed E-state index contributed by atoms with van der Waals surface area (Å²) in [5.74, 6) is -0.372. The molecule has 130 valence electrons. The van der Waals surface area contributed by atoms with Gasteiger partial charge in [-0.25, -0.2) is 9.53 Å². The lowest BCUT2D eigenvalue weighted by Crippen LogP contribution is -2.35. The van der Waals surface area contributed by atoms with Crippen LogP contribution in [0.1, 0.15) is 29.7 Å². The average molecular weight is 417 g/mol. The van der Waals surface area contributed by atoms with Gasteiger partial charge in [-0.15, -0.1) is 0 Å². The summed E-state index contributed by atoms with van der Waals surface area (Å²) in [6, 6.07) is 10.7. The van der Waals surface area contributed by atoms with Crippen molar-refractivity contribution in [2.75, 3.05) is 6.54 Å². The molecule has 2 aromatic carbocycles. The molecule has 0 aromatic heterocycles. The first-order chi connectivity index (χ1) is 11.2. The van der Waals surface area contributed by atoms with Crippen LogP contribution in [0, 0.1) is 5.82 Å². The van der Waals surface area contributed by atoms with Crippen molar-refractivity contribution in [2.45, 2.75) is 19.6 Å². The Morgan fingerprint density at radius 2 is 1.88 bits per heavy atom. The molecule has 0 fully saturated rings. The zero-order valence-electron chi connectivity index (χ0n) is 13.0. The Kier molecular flexibility index (Phi) is 6.11. The van der Waals surface area contributed by atoms with E-state index in [1.807, 2.05) is 0 Å². The van der Waals surface area contributed by atoms with Gasteiger partial charge in [0.15, 0.2) is 0 Å². The molecule has 1 atom stereocenters. The lowest BCUT2D eigenvalue weighted by atomic mass is 10.0. The second kappa shape index (κ2) is 7.71. The van der Waals surface area contributed by atoms with E-state index in [0.29, 0.717) is 15.6 Å². The topological polar surface area (TPSA) is 83.6 Å². The molecule has 24 heavy (non-hydrogen) atoms. The minimum atomic E-state index is -3.77. The molecular formula is C16H18BrFN2O3S. The van der Waals surface area contributed by atoms with Crippen LogP contribution in [0.5, 0.6) is 0 Å². The van der Waals surface area contributed by atoms with E-state index in [1.54, 1.807) is 25.1 Å². The molecule has 3 N–H and O–H groups in total. The number of benzene rings is 2. The molecule has 0 amide bonds. The van der Waals surface area contributed by atoms with Gasteiger partial charge in [-0.2, -0.15) is 12.7 Å². The summed E-state index contributed by atoms with van der Waals surface area (Å²) in [5.41, 5.74) is 1.89. The number of aliphatic hydroxyl groups excluding tert-OH is 1. The third-order valence-corrected chi connectivity index (χ3v) is 5.41. The first-order valence-corrected chi connectivity index (χ1v) is 9.51. The summed E-state index contributed by atoms with van der Waals surface area (Å²) in [6.45, 7) is 2.10. The SMILES string of the molecule is CCN(Cc1ccc(C(O)c2ccc(F)cc2)c(Br)c1)S(N)(=O)=O. The fourth-order valence-corrected chi connectivity index (χ4v) is 3.63. The zero-order chi connectivity index (χ0) is 17.9. The van der Waals surface area contributed by atoms with Crippen LogP contribution in [0.2, 0.25) is 0 Å². The molecular weight excluding hydrogens is 399 g/mol. The largest absolute Gasteiger partial charge is 0.384 e. The number of aliphatic hydroxyl groups is 1.